The van der Waals surface area contributed by atoms with E-state index in [-0.39, 0.29) is 0 Å². The lowest BCUT2D eigenvalue weighted by Gasteiger charge is -2.10. The fraction of sp³-hybridized carbons (Fsp3) is 0.267. The maximum absolute atomic E-state index is 9.22. The van der Waals surface area contributed by atoms with Crippen LogP contribution in [0.1, 0.15) is 16.8 Å². The van der Waals surface area contributed by atoms with E-state index in [1.807, 2.05) is 31.2 Å². The molecule has 1 aromatic carbocycles. The number of aromatic hydroxyl groups is 1. The van der Waals surface area contributed by atoms with Gasteiger partial charge in [-0.25, -0.2) is 4.98 Å². The molecule has 19 heavy (non-hydrogen) atoms. The van der Waals surface area contributed by atoms with E-state index in [1.54, 1.807) is 12.1 Å². The summed E-state index contributed by atoms with van der Waals surface area (Å²) in [6.07, 6.45) is 0.875. The van der Waals surface area contributed by atoms with Crippen LogP contribution >= 0.6 is 0 Å². The summed E-state index contributed by atoms with van der Waals surface area (Å²) in [5.74, 6) is 1.16. The van der Waals surface area contributed by atoms with Gasteiger partial charge in [-0.15, -0.1) is 0 Å². The Kier molecular flexibility index (Phi) is 4.36. The number of hydrogen-bond acceptors (Lipinski definition) is 4. The van der Waals surface area contributed by atoms with Crippen LogP contribution in [0.3, 0.4) is 0 Å². The molecule has 1 heterocycles. The molecular weight excluding hydrogens is 238 g/mol. The fourth-order valence-corrected chi connectivity index (χ4v) is 1.89. The third-order valence-corrected chi connectivity index (χ3v) is 2.98. The van der Waals surface area contributed by atoms with Crippen molar-refractivity contribution in [3.05, 3.63) is 53.2 Å². The summed E-state index contributed by atoms with van der Waals surface area (Å²) in [5.41, 5.74) is 8.87. The van der Waals surface area contributed by atoms with Gasteiger partial charge >= 0.3 is 0 Å². The monoisotopic (exact) mass is 257 g/mol. The highest BCUT2D eigenvalue weighted by atomic mass is 16.3. The third-order valence-electron chi connectivity index (χ3n) is 2.98. The maximum Gasteiger partial charge on any atom is 0.130 e. The summed E-state index contributed by atoms with van der Waals surface area (Å²) in [7, 11) is 0. The molecule has 0 radical (unpaired) electrons. The molecule has 100 valence electrons. The quantitative estimate of drug-likeness (QED) is 0.768. The van der Waals surface area contributed by atoms with Crippen LogP contribution in [0.15, 0.2) is 36.4 Å². The number of hydrogen-bond donors (Lipinski definition) is 3. The molecular formula is C15H19N3O. The van der Waals surface area contributed by atoms with Crippen molar-refractivity contribution in [3.63, 3.8) is 0 Å². The minimum Gasteiger partial charge on any atom is -0.508 e. The number of aromatic nitrogens is 1. The second kappa shape index (κ2) is 6.20. The Hall–Kier alpha value is -2.07. The van der Waals surface area contributed by atoms with E-state index in [2.05, 4.69) is 10.3 Å². The average Bonchev–Trinajstić information content (AvgIpc) is 2.41. The first-order chi connectivity index (χ1) is 9.19. The Bertz CT molecular complexity index is 538. The van der Waals surface area contributed by atoms with Crippen LogP contribution in [0.25, 0.3) is 0 Å². The predicted molar refractivity (Wildman–Crippen MR) is 77.2 cm³/mol. The molecule has 0 fully saturated rings. The number of rotatable bonds is 5. The highest BCUT2D eigenvalue weighted by molar-refractivity contribution is 5.45. The SMILES string of the molecule is Cc1ccc(CN)c(NCCc2ccc(O)cc2)n1. The summed E-state index contributed by atoms with van der Waals surface area (Å²) in [6, 6.07) is 11.2. The lowest BCUT2D eigenvalue weighted by atomic mass is 10.1. The second-order valence-corrected chi connectivity index (χ2v) is 4.51. The van der Waals surface area contributed by atoms with E-state index in [4.69, 9.17) is 5.73 Å². The van der Waals surface area contributed by atoms with Gasteiger partial charge in [0.2, 0.25) is 0 Å². The predicted octanol–water partition coefficient (Wildman–Crippen LogP) is 2.21. The lowest BCUT2D eigenvalue weighted by Crippen LogP contribution is -2.11. The molecule has 4 N–H and O–H groups in total. The normalized spacial score (nSPS) is 10.4. The maximum atomic E-state index is 9.22. The van der Waals surface area contributed by atoms with Gasteiger partial charge in [-0.1, -0.05) is 18.2 Å². The zero-order valence-corrected chi connectivity index (χ0v) is 11.1. The Labute approximate surface area is 113 Å². The molecule has 4 heteroatoms. The van der Waals surface area contributed by atoms with Crippen LogP contribution in [-0.4, -0.2) is 16.6 Å². The highest BCUT2D eigenvalue weighted by Gasteiger charge is 2.02. The molecule has 0 bridgehead atoms. The average molecular weight is 257 g/mol. The van der Waals surface area contributed by atoms with E-state index in [9.17, 15) is 5.11 Å². The molecule has 0 spiro atoms. The first kappa shape index (κ1) is 13.4. The number of phenolic OH excluding ortho intramolecular Hbond substituents is 1. The molecule has 0 aliphatic carbocycles. The standard InChI is InChI=1S/C15H19N3O/c1-11-2-5-13(10-16)15(18-11)17-9-8-12-3-6-14(19)7-4-12/h2-7,19H,8-10,16H2,1H3,(H,17,18). The van der Waals surface area contributed by atoms with Gasteiger partial charge in [0.15, 0.2) is 0 Å². The summed E-state index contributed by atoms with van der Waals surface area (Å²) in [6.45, 7) is 3.23. The first-order valence-corrected chi connectivity index (χ1v) is 6.37. The number of nitrogens with one attached hydrogen (secondary N) is 1. The van der Waals surface area contributed by atoms with Crippen LogP contribution in [-0.2, 0) is 13.0 Å². The van der Waals surface area contributed by atoms with Crippen LogP contribution < -0.4 is 11.1 Å². The van der Waals surface area contributed by atoms with Crippen molar-refractivity contribution in [2.75, 3.05) is 11.9 Å². The number of nitrogens with zero attached hydrogens (tertiary/aromatic N) is 1. The lowest BCUT2D eigenvalue weighted by molar-refractivity contribution is 0.475. The number of anilines is 1. The van der Waals surface area contributed by atoms with Crippen molar-refractivity contribution in [1.82, 2.24) is 4.98 Å². The van der Waals surface area contributed by atoms with Crippen molar-refractivity contribution < 1.29 is 5.11 Å². The van der Waals surface area contributed by atoms with E-state index in [1.165, 1.54) is 5.56 Å². The van der Waals surface area contributed by atoms with E-state index in [0.29, 0.717) is 12.3 Å². The van der Waals surface area contributed by atoms with Gasteiger partial charge in [0.1, 0.15) is 11.6 Å². The van der Waals surface area contributed by atoms with E-state index in [0.717, 1.165) is 30.0 Å². The van der Waals surface area contributed by atoms with E-state index >= 15 is 0 Å². The van der Waals surface area contributed by atoms with Gasteiger partial charge in [-0.05, 0) is 37.1 Å². The Balaban J connectivity index is 1.95. The van der Waals surface area contributed by atoms with Crippen molar-refractivity contribution in [3.8, 4) is 5.75 Å². The van der Waals surface area contributed by atoms with Gasteiger partial charge in [0.05, 0.1) is 0 Å². The van der Waals surface area contributed by atoms with Crippen LogP contribution in [0.4, 0.5) is 5.82 Å². The van der Waals surface area contributed by atoms with Crippen molar-refractivity contribution in [2.24, 2.45) is 5.73 Å². The van der Waals surface area contributed by atoms with Crippen molar-refractivity contribution >= 4 is 5.82 Å². The second-order valence-electron chi connectivity index (χ2n) is 4.51. The molecule has 0 saturated heterocycles. The first-order valence-electron chi connectivity index (χ1n) is 6.37. The topological polar surface area (TPSA) is 71.2 Å². The van der Waals surface area contributed by atoms with Crippen LogP contribution in [0, 0.1) is 6.92 Å². The van der Waals surface area contributed by atoms with Gasteiger partial charge < -0.3 is 16.2 Å². The zero-order chi connectivity index (χ0) is 13.7. The van der Waals surface area contributed by atoms with Gasteiger partial charge in [0.25, 0.3) is 0 Å². The minimum absolute atomic E-state index is 0.294. The summed E-state index contributed by atoms with van der Waals surface area (Å²) >= 11 is 0. The van der Waals surface area contributed by atoms with Crippen LogP contribution in [0.5, 0.6) is 5.75 Å². The summed E-state index contributed by atoms with van der Waals surface area (Å²) in [5, 5.41) is 12.5. The molecule has 2 rings (SSSR count). The Morgan fingerprint density at radius 2 is 1.89 bits per heavy atom. The number of aryl methyl sites for hydroxylation is 1. The number of nitrogens with two attached hydrogens (primary N) is 1. The smallest absolute Gasteiger partial charge is 0.130 e. The highest BCUT2D eigenvalue weighted by Crippen LogP contribution is 2.14. The zero-order valence-electron chi connectivity index (χ0n) is 11.1. The van der Waals surface area contributed by atoms with Crippen molar-refractivity contribution in [1.29, 1.82) is 0 Å². The van der Waals surface area contributed by atoms with E-state index < -0.39 is 0 Å². The third kappa shape index (κ3) is 3.69. The number of benzene rings is 1. The Morgan fingerprint density at radius 1 is 1.16 bits per heavy atom. The number of pyridine rings is 1. The molecule has 0 aliphatic rings. The van der Waals surface area contributed by atoms with Crippen molar-refractivity contribution in [2.45, 2.75) is 19.9 Å². The Morgan fingerprint density at radius 3 is 2.58 bits per heavy atom. The molecule has 0 saturated carbocycles. The van der Waals surface area contributed by atoms with Gasteiger partial charge in [0, 0.05) is 24.3 Å². The van der Waals surface area contributed by atoms with Gasteiger partial charge in [-0.3, -0.25) is 0 Å². The number of phenols is 1. The summed E-state index contributed by atoms with van der Waals surface area (Å²) in [4.78, 5) is 4.46. The summed E-state index contributed by atoms with van der Waals surface area (Å²) < 4.78 is 0. The minimum atomic E-state index is 0.294. The molecule has 4 nitrogen and oxygen atoms in total. The van der Waals surface area contributed by atoms with Crippen LogP contribution in [0.2, 0.25) is 0 Å². The molecule has 0 atom stereocenters. The molecule has 1 aromatic heterocycles. The fourth-order valence-electron chi connectivity index (χ4n) is 1.89. The molecule has 0 aliphatic heterocycles. The molecule has 2 aromatic rings. The van der Waals surface area contributed by atoms with Gasteiger partial charge in [-0.2, -0.15) is 0 Å². The molecule has 0 unspecified atom stereocenters. The molecule has 0 amide bonds. The largest absolute Gasteiger partial charge is 0.508 e.